The fourth-order valence-corrected chi connectivity index (χ4v) is 6.52. The van der Waals surface area contributed by atoms with Crippen LogP contribution in [0.4, 0.5) is 4.79 Å². The number of hydrogen-bond donors (Lipinski definition) is 1. The molecule has 0 amide bonds. The van der Waals surface area contributed by atoms with Crippen LogP contribution in [-0.2, 0) is 30.4 Å². The molecule has 0 radical (unpaired) electrons. The van der Waals surface area contributed by atoms with Crippen molar-refractivity contribution in [3.05, 3.63) is 77.9 Å². The van der Waals surface area contributed by atoms with Crippen LogP contribution in [0, 0.1) is 0 Å². The van der Waals surface area contributed by atoms with Gasteiger partial charge in [-0.1, -0.05) is 54.6 Å². The maximum absolute atomic E-state index is 13.5. The second kappa shape index (κ2) is 19.4. The Bertz CT molecular complexity index is 2070. The topological polar surface area (TPSA) is 180 Å². The molecule has 0 aliphatic carbocycles. The summed E-state index contributed by atoms with van der Waals surface area (Å²) < 4.78 is 23.7. The molecule has 1 aliphatic rings. The highest BCUT2D eigenvalue weighted by Crippen LogP contribution is 2.31. The lowest BCUT2D eigenvalue weighted by atomic mass is 9.98. The van der Waals surface area contributed by atoms with E-state index in [1.807, 2.05) is 65.0 Å². The van der Waals surface area contributed by atoms with Crippen LogP contribution in [0.15, 0.2) is 72.0 Å². The zero-order chi connectivity index (χ0) is 39.3. The molecule has 1 saturated heterocycles. The largest absolute Gasteiger partial charge is 0.511 e. The van der Waals surface area contributed by atoms with Crippen molar-refractivity contribution >= 4 is 23.2 Å². The number of carbonyl (C=O) groups is 2. The quantitative estimate of drug-likeness (QED) is 0.0243. The summed E-state index contributed by atoms with van der Waals surface area (Å²) in [5.74, 6) is -0.119. The standard InChI is InChI=1S/C39H48N9O8/c1-5-52-38-40-34-18-13-17-33(35(34)46(38)26-29-19-21-30(22-20-29)31-15-7-8-16-32(31)36-41-43-44-42-36)37(49)55-28(3)56-39(50)53-24-11-6-12-25-54-45-48(51-4)47-23-10-9-14-27(47)2/h7-8,13,15-22,27-28H,5-6,9-12,14,23-26H2,1-4H3,(H,41,42,43,44)/q+1/b48-45-. The summed E-state index contributed by atoms with van der Waals surface area (Å²) in [4.78, 5) is 42.8. The van der Waals surface area contributed by atoms with Crippen LogP contribution < -0.4 is 4.74 Å². The van der Waals surface area contributed by atoms with Gasteiger partial charge in [-0.3, -0.25) is 4.57 Å². The van der Waals surface area contributed by atoms with Gasteiger partial charge in [0.2, 0.25) is 6.29 Å². The highest BCUT2D eigenvalue weighted by molar-refractivity contribution is 6.02. The number of aromatic nitrogens is 6. The van der Waals surface area contributed by atoms with Crippen molar-refractivity contribution in [1.29, 1.82) is 0 Å². The lowest BCUT2D eigenvalue weighted by Crippen LogP contribution is -2.44. The van der Waals surface area contributed by atoms with Crippen molar-refractivity contribution < 1.29 is 43.2 Å². The number of nitrogens with one attached hydrogen (secondary N) is 1. The SMILES string of the molecule is CCOc1nc2cccc(C(=O)OC(C)OC(=O)OCCCCCO/N=[N+](\OC)N3CCCCC3C)c2n1Cc1ccc(-c2ccccc2-c2nnn[nH]2)cc1. The van der Waals surface area contributed by atoms with Crippen LogP contribution >= 0.6 is 0 Å². The number of unbranched alkanes of at least 4 members (excludes halogenated alkanes) is 2. The number of tetrazole rings is 1. The van der Waals surface area contributed by atoms with E-state index >= 15 is 0 Å². The molecule has 296 valence electrons. The number of aromatic amines is 1. The minimum absolute atomic E-state index is 0.136. The molecule has 56 heavy (non-hydrogen) atoms. The summed E-state index contributed by atoms with van der Waals surface area (Å²) in [6, 6.07) is 21.7. The normalized spacial score (nSPS) is 15.0. The van der Waals surface area contributed by atoms with E-state index in [1.54, 1.807) is 25.3 Å². The summed E-state index contributed by atoms with van der Waals surface area (Å²) in [7, 11) is 1.56. The summed E-state index contributed by atoms with van der Waals surface area (Å²) >= 11 is 0. The lowest BCUT2D eigenvalue weighted by molar-refractivity contribution is -0.947. The zero-order valence-corrected chi connectivity index (χ0v) is 32.1. The molecule has 2 unspecified atom stereocenters. The molecular formula is C39H48N9O8+. The number of hydrazine groups is 1. The Hall–Kier alpha value is -6.26. The molecule has 17 nitrogen and oxygen atoms in total. The van der Waals surface area contributed by atoms with Gasteiger partial charge in [0.15, 0.2) is 12.9 Å². The number of H-pyrrole nitrogens is 1. The molecule has 2 aromatic heterocycles. The first-order chi connectivity index (χ1) is 27.4. The van der Waals surface area contributed by atoms with Crippen LogP contribution in [0.5, 0.6) is 6.01 Å². The number of ether oxygens (including phenoxy) is 4. The van der Waals surface area contributed by atoms with E-state index in [1.165, 1.54) is 18.3 Å². The third-order valence-corrected chi connectivity index (χ3v) is 9.27. The Morgan fingerprint density at radius 1 is 0.982 bits per heavy atom. The van der Waals surface area contributed by atoms with Gasteiger partial charge in [0.1, 0.15) is 6.61 Å². The fraction of sp³-hybridized carbons (Fsp3) is 0.436. The van der Waals surface area contributed by atoms with E-state index < -0.39 is 18.4 Å². The molecule has 3 heterocycles. The first kappa shape index (κ1) is 39.4. The predicted molar refractivity (Wildman–Crippen MR) is 202 cm³/mol. The minimum atomic E-state index is -1.21. The van der Waals surface area contributed by atoms with Crippen molar-refractivity contribution in [2.45, 2.75) is 78.2 Å². The number of rotatable bonds is 18. The minimum Gasteiger partial charge on any atom is -0.465 e. The third kappa shape index (κ3) is 9.88. The number of fused-ring (bicyclic) bond motifs is 1. The fourth-order valence-electron chi connectivity index (χ4n) is 6.52. The maximum atomic E-state index is 13.5. The van der Waals surface area contributed by atoms with Crippen LogP contribution in [0.2, 0.25) is 0 Å². The number of hydrogen-bond acceptors (Lipinski definition) is 13. The number of imidazole rings is 1. The molecule has 0 spiro atoms. The first-order valence-corrected chi connectivity index (χ1v) is 18.9. The highest BCUT2D eigenvalue weighted by atomic mass is 16.8. The lowest BCUT2D eigenvalue weighted by Gasteiger charge is -2.25. The van der Waals surface area contributed by atoms with Gasteiger partial charge in [-0.05, 0) is 91.6 Å². The average molecular weight is 771 g/mol. The molecule has 1 aliphatic heterocycles. The first-order valence-electron chi connectivity index (χ1n) is 18.9. The summed E-state index contributed by atoms with van der Waals surface area (Å²) in [6.07, 6.45) is 3.25. The molecule has 1 N–H and O–H groups in total. The highest BCUT2D eigenvalue weighted by Gasteiger charge is 2.30. The molecule has 3 aromatic carbocycles. The predicted octanol–water partition coefficient (Wildman–Crippen LogP) is 6.90. The van der Waals surface area contributed by atoms with Gasteiger partial charge in [-0.2, -0.15) is 4.98 Å². The van der Waals surface area contributed by atoms with Gasteiger partial charge in [-0.25, -0.2) is 19.5 Å². The van der Waals surface area contributed by atoms with Crippen molar-refractivity contribution in [1.82, 2.24) is 35.2 Å². The van der Waals surface area contributed by atoms with Crippen LogP contribution in [0.1, 0.15) is 75.2 Å². The van der Waals surface area contributed by atoms with Gasteiger partial charge in [-0.15, -0.1) is 10.1 Å². The molecule has 1 fully saturated rings. The second-order valence-corrected chi connectivity index (χ2v) is 13.2. The monoisotopic (exact) mass is 770 g/mol. The smallest absolute Gasteiger partial charge is 0.465 e. The maximum Gasteiger partial charge on any atom is 0.511 e. The summed E-state index contributed by atoms with van der Waals surface area (Å²) in [5.41, 5.74) is 5.08. The van der Waals surface area contributed by atoms with Gasteiger partial charge in [0.25, 0.3) is 16.3 Å². The number of nitrogens with zero attached hydrogens (tertiary/aromatic N) is 8. The third-order valence-electron chi connectivity index (χ3n) is 9.27. The number of esters is 1. The number of carbonyl (C=O) groups excluding carboxylic acids is 2. The molecule has 0 saturated carbocycles. The van der Waals surface area contributed by atoms with Crippen molar-refractivity contribution in [3.63, 3.8) is 0 Å². The van der Waals surface area contributed by atoms with Crippen LogP contribution in [0.3, 0.4) is 0 Å². The number of para-hydroxylation sites is 1. The van der Waals surface area contributed by atoms with Gasteiger partial charge in [0, 0.05) is 12.5 Å². The molecular weight excluding hydrogens is 722 g/mol. The van der Waals surface area contributed by atoms with E-state index in [0.717, 1.165) is 48.1 Å². The molecule has 5 aromatic rings. The summed E-state index contributed by atoms with van der Waals surface area (Å²) in [5, 5.41) is 20.5. The molecule has 0 bridgehead atoms. The van der Waals surface area contributed by atoms with E-state index in [2.05, 4.69) is 37.8 Å². The summed E-state index contributed by atoms with van der Waals surface area (Å²) in [6.45, 7) is 7.58. The van der Waals surface area contributed by atoms with E-state index in [0.29, 0.717) is 61.5 Å². The van der Waals surface area contributed by atoms with E-state index in [9.17, 15) is 9.59 Å². The van der Waals surface area contributed by atoms with Gasteiger partial charge < -0.3 is 23.8 Å². The number of piperidine rings is 1. The van der Waals surface area contributed by atoms with Crippen molar-refractivity contribution in [2.24, 2.45) is 5.28 Å². The van der Waals surface area contributed by atoms with Gasteiger partial charge in [0.05, 0.1) is 48.9 Å². The van der Waals surface area contributed by atoms with Crippen molar-refractivity contribution in [2.75, 3.05) is 33.5 Å². The van der Waals surface area contributed by atoms with Crippen LogP contribution in [0.25, 0.3) is 33.5 Å². The van der Waals surface area contributed by atoms with E-state index in [-0.39, 0.29) is 12.2 Å². The van der Waals surface area contributed by atoms with Gasteiger partial charge >= 0.3 is 12.1 Å². The second-order valence-electron chi connectivity index (χ2n) is 13.2. The van der Waals surface area contributed by atoms with Crippen LogP contribution in [-0.4, -0.2) is 98.1 Å². The zero-order valence-electron chi connectivity index (χ0n) is 32.1. The van der Waals surface area contributed by atoms with Crippen molar-refractivity contribution in [3.8, 4) is 28.5 Å². The Morgan fingerprint density at radius 3 is 2.54 bits per heavy atom. The molecule has 6 rings (SSSR count). The Balaban J connectivity index is 1.01. The Morgan fingerprint density at radius 2 is 1.79 bits per heavy atom. The average Bonchev–Trinajstić information content (AvgIpc) is 3.87. The molecule has 2 atom stereocenters. The number of benzene rings is 3. The Kier molecular flexibility index (Phi) is 13.6. The Labute approximate surface area is 324 Å². The molecule has 17 heteroatoms. The van der Waals surface area contributed by atoms with E-state index in [4.69, 9.17) is 28.6 Å².